The van der Waals surface area contributed by atoms with Crippen LogP contribution in [-0.4, -0.2) is 16.1 Å². The van der Waals surface area contributed by atoms with Crippen molar-refractivity contribution in [2.24, 2.45) is 0 Å². The van der Waals surface area contributed by atoms with E-state index in [0.29, 0.717) is 11.6 Å². The predicted molar refractivity (Wildman–Crippen MR) is 85.6 cm³/mol. The van der Waals surface area contributed by atoms with Gasteiger partial charge in [0.2, 0.25) is 0 Å². The summed E-state index contributed by atoms with van der Waals surface area (Å²) in [5.74, 6) is 0.231. The van der Waals surface area contributed by atoms with E-state index in [1.165, 1.54) is 0 Å². The van der Waals surface area contributed by atoms with E-state index < -0.39 is 0 Å². The number of nitrogens with one attached hydrogen (secondary N) is 2. The topological polar surface area (TPSA) is 83.8 Å². The van der Waals surface area contributed by atoms with Crippen molar-refractivity contribution in [2.75, 3.05) is 11.1 Å². The van der Waals surface area contributed by atoms with Gasteiger partial charge in [-0.3, -0.25) is 9.89 Å². The first-order chi connectivity index (χ1) is 9.91. The Morgan fingerprint density at radius 1 is 1.19 bits per heavy atom. The van der Waals surface area contributed by atoms with Crippen molar-refractivity contribution < 1.29 is 4.79 Å². The third-order valence-corrected chi connectivity index (χ3v) is 3.46. The first-order valence-corrected chi connectivity index (χ1v) is 7.15. The molecule has 0 unspecified atom stereocenters. The van der Waals surface area contributed by atoms with Gasteiger partial charge in [0, 0.05) is 5.69 Å². The number of carbonyl (C=O) groups excluding carboxylic acids is 1. The standard InChI is InChI=1S/C16H22N4O/c1-9(2)11-7-5-6-8-12(11)18-16(21)15-13(17)14(10(3)4)19-20-15/h5-10H,17H2,1-4H3,(H,18,21)(H,19,20). The number of hydrogen-bond donors (Lipinski definition) is 3. The molecule has 21 heavy (non-hydrogen) atoms. The zero-order chi connectivity index (χ0) is 15.6. The molecule has 2 rings (SSSR count). The lowest BCUT2D eigenvalue weighted by atomic mass is 10.0. The zero-order valence-corrected chi connectivity index (χ0v) is 12.9. The molecule has 0 spiro atoms. The number of H-pyrrole nitrogens is 1. The quantitative estimate of drug-likeness (QED) is 0.804. The number of aromatic amines is 1. The van der Waals surface area contributed by atoms with Gasteiger partial charge in [-0.05, 0) is 23.5 Å². The Hall–Kier alpha value is -2.30. The van der Waals surface area contributed by atoms with Crippen molar-refractivity contribution in [1.82, 2.24) is 10.2 Å². The lowest BCUT2D eigenvalue weighted by Gasteiger charge is -2.13. The lowest BCUT2D eigenvalue weighted by molar-refractivity contribution is 0.102. The fourth-order valence-corrected chi connectivity index (χ4v) is 2.27. The third-order valence-electron chi connectivity index (χ3n) is 3.46. The first-order valence-electron chi connectivity index (χ1n) is 7.15. The van der Waals surface area contributed by atoms with E-state index in [1.807, 2.05) is 38.1 Å². The summed E-state index contributed by atoms with van der Waals surface area (Å²) in [6, 6.07) is 7.76. The van der Waals surface area contributed by atoms with E-state index in [9.17, 15) is 4.79 Å². The van der Waals surface area contributed by atoms with Crippen LogP contribution >= 0.6 is 0 Å². The lowest BCUT2D eigenvalue weighted by Crippen LogP contribution is -2.15. The number of para-hydroxylation sites is 1. The fraction of sp³-hybridized carbons (Fsp3) is 0.375. The monoisotopic (exact) mass is 286 g/mol. The van der Waals surface area contributed by atoms with Gasteiger partial charge in [-0.25, -0.2) is 0 Å². The molecule has 5 nitrogen and oxygen atoms in total. The maximum atomic E-state index is 12.4. The number of anilines is 2. The maximum Gasteiger partial charge on any atom is 0.278 e. The number of carbonyl (C=O) groups is 1. The van der Waals surface area contributed by atoms with E-state index in [1.54, 1.807) is 0 Å². The van der Waals surface area contributed by atoms with E-state index in [0.717, 1.165) is 16.9 Å². The minimum Gasteiger partial charge on any atom is -0.395 e. The number of amides is 1. The second-order valence-electron chi connectivity index (χ2n) is 5.75. The summed E-state index contributed by atoms with van der Waals surface area (Å²) in [5.41, 5.74) is 9.34. The summed E-state index contributed by atoms with van der Waals surface area (Å²) < 4.78 is 0. The van der Waals surface area contributed by atoms with Crippen molar-refractivity contribution in [3.05, 3.63) is 41.2 Å². The number of rotatable bonds is 4. The minimum atomic E-state index is -0.288. The average molecular weight is 286 g/mol. The van der Waals surface area contributed by atoms with Gasteiger partial charge >= 0.3 is 0 Å². The van der Waals surface area contributed by atoms with E-state index in [2.05, 4.69) is 29.4 Å². The van der Waals surface area contributed by atoms with Gasteiger partial charge in [-0.15, -0.1) is 0 Å². The van der Waals surface area contributed by atoms with Crippen LogP contribution in [0.25, 0.3) is 0 Å². The van der Waals surface area contributed by atoms with Crippen LogP contribution < -0.4 is 11.1 Å². The van der Waals surface area contributed by atoms with Crippen LogP contribution in [0.4, 0.5) is 11.4 Å². The molecule has 1 aromatic carbocycles. The molecule has 0 aliphatic carbocycles. The van der Waals surface area contributed by atoms with Gasteiger partial charge in [-0.1, -0.05) is 45.9 Å². The zero-order valence-electron chi connectivity index (χ0n) is 12.9. The summed E-state index contributed by atoms with van der Waals surface area (Å²) in [5, 5.41) is 9.79. The Balaban J connectivity index is 2.27. The largest absolute Gasteiger partial charge is 0.395 e. The highest BCUT2D eigenvalue weighted by atomic mass is 16.2. The van der Waals surface area contributed by atoms with Crippen molar-refractivity contribution >= 4 is 17.3 Å². The molecular formula is C16H22N4O. The fourth-order valence-electron chi connectivity index (χ4n) is 2.27. The summed E-state index contributed by atoms with van der Waals surface area (Å²) in [6.07, 6.45) is 0. The molecule has 0 radical (unpaired) electrons. The third kappa shape index (κ3) is 3.07. The minimum absolute atomic E-state index is 0.196. The molecular weight excluding hydrogens is 264 g/mol. The summed E-state index contributed by atoms with van der Waals surface area (Å²) >= 11 is 0. The summed E-state index contributed by atoms with van der Waals surface area (Å²) in [4.78, 5) is 12.4. The Bertz CT molecular complexity index is 643. The molecule has 2 aromatic rings. The normalized spacial score (nSPS) is 11.1. The van der Waals surface area contributed by atoms with E-state index in [-0.39, 0.29) is 17.5 Å². The number of nitrogens with two attached hydrogens (primary N) is 1. The summed E-state index contributed by atoms with van der Waals surface area (Å²) in [6.45, 7) is 8.18. The Kier molecular flexibility index (Phi) is 4.31. The van der Waals surface area contributed by atoms with Crippen LogP contribution in [0.5, 0.6) is 0 Å². The van der Waals surface area contributed by atoms with Crippen molar-refractivity contribution in [3.8, 4) is 0 Å². The van der Waals surface area contributed by atoms with Gasteiger partial charge in [0.1, 0.15) is 0 Å². The second kappa shape index (κ2) is 5.99. The predicted octanol–water partition coefficient (Wildman–Crippen LogP) is 3.49. The molecule has 1 amide bonds. The van der Waals surface area contributed by atoms with Crippen LogP contribution in [0, 0.1) is 0 Å². The Morgan fingerprint density at radius 2 is 1.86 bits per heavy atom. The smallest absolute Gasteiger partial charge is 0.278 e. The number of nitrogens with zero attached hydrogens (tertiary/aromatic N) is 1. The van der Waals surface area contributed by atoms with E-state index in [4.69, 9.17) is 5.73 Å². The van der Waals surface area contributed by atoms with Gasteiger partial charge < -0.3 is 11.1 Å². The van der Waals surface area contributed by atoms with Gasteiger partial charge in [0.05, 0.1) is 11.4 Å². The van der Waals surface area contributed by atoms with Gasteiger partial charge in [0.15, 0.2) is 5.69 Å². The average Bonchev–Trinajstić information content (AvgIpc) is 2.81. The van der Waals surface area contributed by atoms with Crippen LogP contribution in [0.1, 0.15) is 61.3 Å². The molecule has 0 saturated carbocycles. The molecule has 1 heterocycles. The molecule has 1 aromatic heterocycles. The highest BCUT2D eigenvalue weighted by Crippen LogP contribution is 2.26. The number of benzene rings is 1. The second-order valence-corrected chi connectivity index (χ2v) is 5.75. The molecule has 0 aliphatic heterocycles. The van der Waals surface area contributed by atoms with Gasteiger partial charge in [0.25, 0.3) is 5.91 Å². The van der Waals surface area contributed by atoms with Crippen LogP contribution in [0.15, 0.2) is 24.3 Å². The Morgan fingerprint density at radius 3 is 2.43 bits per heavy atom. The Labute approximate surface area is 124 Å². The molecule has 4 N–H and O–H groups in total. The van der Waals surface area contributed by atoms with Crippen LogP contribution in [0.2, 0.25) is 0 Å². The van der Waals surface area contributed by atoms with Crippen molar-refractivity contribution in [3.63, 3.8) is 0 Å². The molecule has 112 valence electrons. The molecule has 0 aliphatic rings. The molecule has 5 heteroatoms. The molecule has 0 saturated heterocycles. The number of hydrogen-bond acceptors (Lipinski definition) is 3. The highest BCUT2D eigenvalue weighted by molar-refractivity contribution is 6.06. The number of aromatic nitrogens is 2. The number of nitrogen functional groups attached to an aromatic ring is 1. The van der Waals surface area contributed by atoms with Crippen LogP contribution in [-0.2, 0) is 0 Å². The SMILES string of the molecule is CC(C)c1ccccc1NC(=O)c1n[nH]c(C(C)C)c1N. The molecule has 0 fully saturated rings. The first kappa shape index (κ1) is 15.1. The van der Waals surface area contributed by atoms with Crippen LogP contribution in [0.3, 0.4) is 0 Å². The maximum absolute atomic E-state index is 12.4. The summed E-state index contributed by atoms with van der Waals surface area (Å²) in [7, 11) is 0. The van der Waals surface area contributed by atoms with Crippen molar-refractivity contribution in [1.29, 1.82) is 0 Å². The highest BCUT2D eigenvalue weighted by Gasteiger charge is 2.19. The van der Waals surface area contributed by atoms with Crippen molar-refractivity contribution in [2.45, 2.75) is 39.5 Å². The van der Waals surface area contributed by atoms with Gasteiger partial charge in [-0.2, -0.15) is 5.10 Å². The molecule has 0 atom stereocenters. The molecule has 0 bridgehead atoms. The van der Waals surface area contributed by atoms with E-state index >= 15 is 0 Å².